The summed E-state index contributed by atoms with van der Waals surface area (Å²) in [6.45, 7) is 1.67. The first-order chi connectivity index (χ1) is 22.0. The molecule has 0 unspecified atom stereocenters. The van der Waals surface area contributed by atoms with E-state index < -0.39 is 17.3 Å². The van der Waals surface area contributed by atoms with Crippen molar-refractivity contribution in [2.45, 2.75) is 50.4 Å². The Morgan fingerprint density at radius 3 is 2.41 bits per heavy atom. The Morgan fingerprint density at radius 1 is 1.02 bits per heavy atom. The smallest absolute Gasteiger partial charge is 0.295 e. The van der Waals surface area contributed by atoms with Gasteiger partial charge in [-0.3, -0.25) is 15.5 Å². The van der Waals surface area contributed by atoms with Crippen molar-refractivity contribution in [3.05, 3.63) is 91.9 Å². The number of alkyl halides is 3. The molecule has 1 saturated heterocycles. The van der Waals surface area contributed by atoms with Crippen molar-refractivity contribution in [2.75, 3.05) is 13.1 Å². The van der Waals surface area contributed by atoms with Gasteiger partial charge in [0, 0.05) is 35.8 Å². The third kappa shape index (κ3) is 7.10. The largest absolute Gasteiger partial charge is 0.416 e. The SMILES string of the molecule is N#CC1(NCc2c(C(=O)NN3CCCCC3)nn(-c3ccc(Cl)cc3Cl)c2-c2ccc(C#Cc3ccc(C(F)(F)F)cc3)s2)CC1. The van der Waals surface area contributed by atoms with E-state index in [1.54, 1.807) is 28.9 Å². The third-order valence-corrected chi connectivity index (χ3v) is 9.45. The second-order valence-corrected chi connectivity index (χ2v) is 13.1. The molecule has 1 amide bonds. The van der Waals surface area contributed by atoms with Crippen LogP contribution in [0.5, 0.6) is 0 Å². The number of nitriles is 1. The van der Waals surface area contributed by atoms with Crippen molar-refractivity contribution in [3.63, 3.8) is 0 Å². The molecule has 2 N–H and O–H groups in total. The summed E-state index contributed by atoms with van der Waals surface area (Å²) < 4.78 is 40.5. The molecule has 0 spiro atoms. The molecule has 2 fully saturated rings. The number of carbonyl (C=O) groups is 1. The van der Waals surface area contributed by atoms with Gasteiger partial charge in [-0.2, -0.15) is 23.5 Å². The highest BCUT2D eigenvalue weighted by Crippen LogP contribution is 2.39. The highest BCUT2D eigenvalue weighted by atomic mass is 35.5. The number of hydrogen-bond donors (Lipinski definition) is 2. The summed E-state index contributed by atoms with van der Waals surface area (Å²) >= 11 is 14.2. The van der Waals surface area contributed by atoms with Crippen LogP contribution in [0.25, 0.3) is 16.3 Å². The van der Waals surface area contributed by atoms with Gasteiger partial charge in [-0.15, -0.1) is 11.3 Å². The first kappa shape index (κ1) is 32.1. The lowest BCUT2D eigenvalue weighted by atomic mass is 10.1. The standard InChI is InChI=1S/C33H27Cl2F3N6OS/c34-23-9-12-27(26(35)18-23)44-30(28-13-11-24(46-28)10-6-21-4-7-22(8-5-21)33(36,37)38)25(19-40-32(20-39)14-15-32)29(41-44)31(45)42-43-16-2-1-3-17-43/h4-5,7-9,11-13,18,40H,1-3,14-17,19H2,(H,42,45). The predicted molar refractivity (Wildman–Crippen MR) is 172 cm³/mol. The van der Waals surface area contributed by atoms with Gasteiger partial charge < -0.3 is 0 Å². The van der Waals surface area contributed by atoms with Crippen molar-refractivity contribution in [1.29, 1.82) is 5.26 Å². The van der Waals surface area contributed by atoms with Crippen LogP contribution in [0.4, 0.5) is 13.2 Å². The first-order valence-electron chi connectivity index (χ1n) is 14.6. The van der Waals surface area contributed by atoms with E-state index >= 15 is 0 Å². The molecule has 0 atom stereocenters. The van der Waals surface area contributed by atoms with Gasteiger partial charge in [-0.25, -0.2) is 9.69 Å². The molecule has 0 bridgehead atoms. The Hall–Kier alpha value is -3.84. The van der Waals surface area contributed by atoms with E-state index in [9.17, 15) is 23.2 Å². The lowest BCUT2D eigenvalue weighted by Crippen LogP contribution is -2.45. The molecule has 1 aliphatic carbocycles. The fourth-order valence-corrected chi connectivity index (χ4v) is 6.61. The second kappa shape index (κ2) is 13.1. The Morgan fingerprint density at radius 2 is 1.76 bits per heavy atom. The van der Waals surface area contributed by atoms with Crippen LogP contribution in [0.3, 0.4) is 0 Å². The highest BCUT2D eigenvalue weighted by molar-refractivity contribution is 7.16. The molecule has 1 saturated carbocycles. The summed E-state index contributed by atoms with van der Waals surface area (Å²) in [6, 6.07) is 15.7. The number of piperidine rings is 1. The van der Waals surface area contributed by atoms with E-state index in [1.807, 2.05) is 11.1 Å². The van der Waals surface area contributed by atoms with Crippen molar-refractivity contribution >= 4 is 40.4 Å². The molecule has 13 heteroatoms. The van der Waals surface area contributed by atoms with E-state index in [-0.39, 0.29) is 18.1 Å². The molecule has 2 aromatic heterocycles. The van der Waals surface area contributed by atoms with Gasteiger partial charge >= 0.3 is 6.18 Å². The van der Waals surface area contributed by atoms with E-state index in [2.05, 4.69) is 28.7 Å². The molecule has 0 radical (unpaired) electrons. The number of rotatable bonds is 7. The quantitative estimate of drug-likeness (QED) is 0.196. The molecule has 46 heavy (non-hydrogen) atoms. The number of hydrogen-bond acceptors (Lipinski definition) is 6. The van der Waals surface area contributed by atoms with Crippen molar-refractivity contribution < 1.29 is 18.0 Å². The maximum atomic E-state index is 13.8. The van der Waals surface area contributed by atoms with Gasteiger partial charge in [-0.05, 0) is 80.3 Å². The van der Waals surface area contributed by atoms with Gasteiger partial charge in [0.05, 0.1) is 37.8 Å². The van der Waals surface area contributed by atoms with Crippen molar-refractivity contribution in [2.24, 2.45) is 0 Å². The zero-order valence-electron chi connectivity index (χ0n) is 24.3. The molecule has 7 nitrogen and oxygen atoms in total. The van der Waals surface area contributed by atoms with Gasteiger partial charge in [0.1, 0.15) is 5.54 Å². The van der Waals surface area contributed by atoms with Crippen LogP contribution in [-0.4, -0.2) is 39.3 Å². The number of nitrogens with zero attached hydrogens (tertiary/aromatic N) is 4. The third-order valence-electron chi connectivity index (χ3n) is 7.90. The van der Waals surface area contributed by atoms with Gasteiger partial charge in [0.2, 0.25) is 0 Å². The molecule has 4 aromatic rings. The minimum absolute atomic E-state index is 0.193. The van der Waals surface area contributed by atoms with E-state index in [4.69, 9.17) is 28.3 Å². The summed E-state index contributed by atoms with van der Waals surface area (Å²) in [4.78, 5) is 15.2. The summed E-state index contributed by atoms with van der Waals surface area (Å²) in [5.74, 6) is 5.59. The predicted octanol–water partition coefficient (Wildman–Crippen LogP) is 7.60. The number of amides is 1. The van der Waals surface area contributed by atoms with Crippen LogP contribution in [-0.2, 0) is 12.7 Å². The van der Waals surface area contributed by atoms with Gasteiger partial charge in [0.25, 0.3) is 5.91 Å². The first-order valence-corrected chi connectivity index (χ1v) is 16.2. The Labute approximate surface area is 277 Å². The lowest BCUT2D eigenvalue weighted by molar-refractivity contribution is -0.137. The van der Waals surface area contributed by atoms with Crippen LogP contribution in [0.15, 0.2) is 54.6 Å². The molecular formula is C33H27Cl2F3N6OS. The Balaban J connectivity index is 1.42. The number of carbonyl (C=O) groups excluding carboxylic acids is 1. The van der Waals surface area contributed by atoms with E-state index in [0.29, 0.717) is 50.3 Å². The molecule has 2 aliphatic rings. The average molecular weight is 684 g/mol. The molecule has 6 rings (SSSR count). The minimum Gasteiger partial charge on any atom is -0.295 e. The van der Waals surface area contributed by atoms with Crippen LogP contribution in [0.2, 0.25) is 10.0 Å². The maximum Gasteiger partial charge on any atom is 0.416 e. The maximum absolute atomic E-state index is 13.8. The Kier molecular flexibility index (Phi) is 9.15. The fraction of sp³-hybridized carbons (Fsp3) is 0.303. The normalized spacial score (nSPS) is 15.9. The van der Waals surface area contributed by atoms with Crippen LogP contribution in [0, 0.1) is 23.2 Å². The highest BCUT2D eigenvalue weighted by Gasteiger charge is 2.43. The lowest BCUT2D eigenvalue weighted by Gasteiger charge is -2.26. The number of aromatic nitrogens is 2. The number of halogens is 5. The second-order valence-electron chi connectivity index (χ2n) is 11.2. The van der Waals surface area contributed by atoms with Crippen LogP contribution in [0.1, 0.15) is 64.2 Å². The van der Waals surface area contributed by atoms with Crippen molar-refractivity contribution in [3.8, 4) is 34.2 Å². The summed E-state index contributed by atoms with van der Waals surface area (Å²) in [5, 5.41) is 20.6. The van der Waals surface area contributed by atoms with Crippen LogP contribution >= 0.6 is 34.5 Å². The monoisotopic (exact) mass is 682 g/mol. The van der Waals surface area contributed by atoms with Crippen LogP contribution < -0.4 is 10.7 Å². The minimum atomic E-state index is -4.42. The van der Waals surface area contributed by atoms with E-state index in [0.717, 1.165) is 49.4 Å². The molecular weight excluding hydrogens is 656 g/mol. The van der Waals surface area contributed by atoms with E-state index in [1.165, 1.54) is 23.5 Å². The zero-order chi connectivity index (χ0) is 32.5. The fourth-order valence-electron chi connectivity index (χ4n) is 5.20. The average Bonchev–Trinajstić information content (AvgIpc) is 3.49. The number of hydrazine groups is 1. The molecule has 3 heterocycles. The zero-order valence-corrected chi connectivity index (χ0v) is 26.7. The topological polar surface area (TPSA) is 86.0 Å². The molecule has 2 aromatic carbocycles. The van der Waals surface area contributed by atoms with Gasteiger partial charge in [0.15, 0.2) is 5.69 Å². The number of benzene rings is 2. The Bertz CT molecular complexity index is 1870. The summed E-state index contributed by atoms with van der Waals surface area (Å²) in [7, 11) is 0. The van der Waals surface area contributed by atoms with Gasteiger partial charge in [-0.1, -0.05) is 41.5 Å². The summed E-state index contributed by atoms with van der Waals surface area (Å²) in [5.41, 5.74) is 3.93. The summed E-state index contributed by atoms with van der Waals surface area (Å²) in [6.07, 6.45) is 0.0406. The van der Waals surface area contributed by atoms with Crippen molar-refractivity contribution in [1.82, 2.24) is 25.5 Å². The molecule has 1 aliphatic heterocycles. The number of nitrogens with one attached hydrogen (secondary N) is 2. The number of thiophene rings is 1. The molecule has 236 valence electrons.